The largest absolute Gasteiger partial charge is 0.461 e. The molecule has 0 saturated carbocycles. The third-order valence-corrected chi connectivity index (χ3v) is 3.22. The van der Waals surface area contributed by atoms with E-state index in [-0.39, 0.29) is 18.9 Å². The molecular formula is C15H16N3O3+. The van der Waals surface area contributed by atoms with Crippen LogP contribution < -0.4 is 9.88 Å². The highest BCUT2D eigenvalue weighted by Crippen LogP contribution is 2.12. The van der Waals surface area contributed by atoms with E-state index in [4.69, 9.17) is 9.52 Å². The number of ketones is 1. The highest BCUT2D eigenvalue weighted by Gasteiger charge is 2.21. The Labute approximate surface area is 121 Å². The molecule has 0 unspecified atom stereocenters. The Balaban J connectivity index is 1.96. The van der Waals surface area contributed by atoms with E-state index in [1.807, 2.05) is 28.8 Å². The first-order valence-electron chi connectivity index (χ1n) is 6.71. The maximum Gasteiger partial charge on any atom is 0.356 e. The molecule has 2 aromatic heterocycles. The molecule has 0 amide bonds. The Morgan fingerprint density at radius 1 is 1.29 bits per heavy atom. The number of hydrogen-bond donors (Lipinski definition) is 3. The van der Waals surface area contributed by atoms with Crippen molar-refractivity contribution in [2.24, 2.45) is 0 Å². The van der Waals surface area contributed by atoms with Crippen molar-refractivity contribution in [3.8, 4) is 0 Å². The van der Waals surface area contributed by atoms with Gasteiger partial charge in [-0.25, -0.2) is 9.55 Å². The number of nitrogens with one attached hydrogen (secondary N) is 2. The van der Waals surface area contributed by atoms with Gasteiger partial charge in [-0.2, -0.15) is 0 Å². The van der Waals surface area contributed by atoms with E-state index in [9.17, 15) is 4.79 Å². The number of aromatic nitrogens is 2. The molecule has 0 aliphatic carbocycles. The Kier molecular flexibility index (Phi) is 3.70. The second-order valence-electron chi connectivity index (χ2n) is 4.63. The number of anilines is 1. The van der Waals surface area contributed by atoms with Gasteiger partial charge in [0.05, 0.1) is 19.4 Å². The van der Waals surface area contributed by atoms with Crippen molar-refractivity contribution in [1.82, 2.24) is 4.98 Å². The molecule has 2 heterocycles. The smallest absolute Gasteiger partial charge is 0.356 e. The number of H-pyrrole nitrogens is 1. The summed E-state index contributed by atoms with van der Waals surface area (Å²) < 4.78 is 6.99. The molecule has 0 bridgehead atoms. The molecule has 0 spiro atoms. The Morgan fingerprint density at radius 2 is 2.14 bits per heavy atom. The quantitative estimate of drug-likeness (QED) is 0.472. The number of imidazole rings is 1. The van der Waals surface area contributed by atoms with Crippen LogP contribution in [0.1, 0.15) is 10.6 Å². The van der Waals surface area contributed by atoms with Crippen molar-refractivity contribution in [2.75, 3.05) is 18.5 Å². The Morgan fingerprint density at radius 3 is 2.90 bits per heavy atom. The van der Waals surface area contributed by atoms with Gasteiger partial charge in [0, 0.05) is 0 Å². The molecular weight excluding hydrogens is 270 g/mol. The predicted molar refractivity (Wildman–Crippen MR) is 77.1 cm³/mol. The zero-order chi connectivity index (χ0) is 14.7. The van der Waals surface area contributed by atoms with Crippen molar-refractivity contribution in [3.05, 3.63) is 48.4 Å². The number of fused-ring (bicyclic) bond motifs is 1. The van der Waals surface area contributed by atoms with Gasteiger partial charge >= 0.3 is 5.95 Å². The number of aliphatic hydroxyl groups is 1. The number of aliphatic hydroxyl groups excluding tert-OH is 1. The van der Waals surface area contributed by atoms with Crippen molar-refractivity contribution < 1.29 is 18.9 Å². The fourth-order valence-corrected chi connectivity index (χ4v) is 2.27. The summed E-state index contributed by atoms with van der Waals surface area (Å²) in [7, 11) is 0. The molecule has 6 nitrogen and oxygen atoms in total. The number of Topliss-reactive ketones (excluding diaryl/α,β-unsaturated/α-hetero) is 1. The molecule has 3 rings (SSSR count). The minimum Gasteiger partial charge on any atom is -0.461 e. The van der Waals surface area contributed by atoms with Gasteiger partial charge in [-0.1, -0.05) is 12.1 Å². The SMILES string of the molecule is O=C(C[n+]1c(NCCO)[nH]c2ccccc21)c1ccco1. The average Bonchev–Trinajstić information content (AvgIpc) is 3.14. The van der Waals surface area contributed by atoms with E-state index in [1.54, 1.807) is 12.1 Å². The van der Waals surface area contributed by atoms with E-state index in [2.05, 4.69) is 10.3 Å². The maximum absolute atomic E-state index is 12.2. The first-order valence-corrected chi connectivity index (χ1v) is 6.71. The molecule has 3 N–H and O–H groups in total. The first-order chi connectivity index (χ1) is 10.3. The monoisotopic (exact) mass is 286 g/mol. The normalized spacial score (nSPS) is 10.9. The molecule has 1 aromatic carbocycles. The predicted octanol–water partition coefficient (Wildman–Crippen LogP) is 1.34. The summed E-state index contributed by atoms with van der Waals surface area (Å²) >= 11 is 0. The van der Waals surface area contributed by atoms with Gasteiger partial charge in [-0.05, 0) is 24.3 Å². The second kappa shape index (κ2) is 5.80. The van der Waals surface area contributed by atoms with Crippen LogP contribution in [0.15, 0.2) is 47.1 Å². The van der Waals surface area contributed by atoms with Crippen LogP contribution in [0.25, 0.3) is 11.0 Å². The van der Waals surface area contributed by atoms with Crippen LogP contribution in [0.2, 0.25) is 0 Å². The highest BCUT2D eigenvalue weighted by atomic mass is 16.3. The van der Waals surface area contributed by atoms with Crippen LogP contribution in [0.5, 0.6) is 0 Å². The molecule has 0 aliphatic rings. The van der Waals surface area contributed by atoms with Crippen LogP contribution in [0.3, 0.4) is 0 Å². The van der Waals surface area contributed by atoms with E-state index in [0.29, 0.717) is 18.3 Å². The lowest BCUT2D eigenvalue weighted by molar-refractivity contribution is -0.642. The third-order valence-electron chi connectivity index (χ3n) is 3.22. The van der Waals surface area contributed by atoms with Crippen LogP contribution in [-0.4, -0.2) is 29.0 Å². The summed E-state index contributed by atoms with van der Waals surface area (Å²) in [5.74, 6) is 0.910. The van der Waals surface area contributed by atoms with Crippen molar-refractivity contribution in [2.45, 2.75) is 6.54 Å². The van der Waals surface area contributed by atoms with Crippen LogP contribution in [0, 0.1) is 0 Å². The van der Waals surface area contributed by atoms with Crippen LogP contribution in [-0.2, 0) is 6.54 Å². The highest BCUT2D eigenvalue weighted by molar-refractivity contribution is 5.92. The minimum atomic E-state index is -0.109. The van der Waals surface area contributed by atoms with Gasteiger partial charge < -0.3 is 9.52 Å². The maximum atomic E-state index is 12.2. The number of rotatable bonds is 6. The number of nitrogens with zero attached hydrogens (tertiary/aromatic N) is 1. The molecule has 0 aliphatic heterocycles. The van der Waals surface area contributed by atoms with Gasteiger partial charge in [-0.3, -0.25) is 10.1 Å². The van der Waals surface area contributed by atoms with E-state index >= 15 is 0 Å². The number of carbonyl (C=O) groups excluding carboxylic acids is 1. The summed E-state index contributed by atoms with van der Waals surface area (Å²) in [5, 5.41) is 12.0. The van der Waals surface area contributed by atoms with Gasteiger partial charge in [0.1, 0.15) is 17.6 Å². The average molecular weight is 286 g/mol. The summed E-state index contributed by atoms with van der Waals surface area (Å²) in [4.78, 5) is 15.4. The van der Waals surface area contributed by atoms with Crippen LogP contribution in [0.4, 0.5) is 5.95 Å². The molecule has 6 heteroatoms. The fraction of sp³-hybridized carbons (Fsp3) is 0.200. The lowest BCUT2D eigenvalue weighted by atomic mass is 10.3. The lowest BCUT2D eigenvalue weighted by Crippen LogP contribution is -2.40. The molecule has 0 radical (unpaired) electrons. The number of furan rings is 1. The molecule has 0 saturated heterocycles. The zero-order valence-corrected chi connectivity index (χ0v) is 11.4. The van der Waals surface area contributed by atoms with E-state index < -0.39 is 0 Å². The molecule has 21 heavy (non-hydrogen) atoms. The van der Waals surface area contributed by atoms with E-state index in [1.165, 1.54) is 6.26 Å². The molecule has 0 atom stereocenters. The minimum absolute atomic E-state index is 0.0154. The third kappa shape index (κ3) is 2.66. The van der Waals surface area contributed by atoms with Gasteiger partial charge in [0.2, 0.25) is 5.78 Å². The topological polar surface area (TPSA) is 82.1 Å². The molecule has 0 fully saturated rings. The van der Waals surface area contributed by atoms with Gasteiger partial charge in [0.25, 0.3) is 0 Å². The summed E-state index contributed by atoms with van der Waals surface area (Å²) in [6.07, 6.45) is 1.48. The summed E-state index contributed by atoms with van der Waals surface area (Å²) in [5.41, 5.74) is 1.84. The molecule has 108 valence electrons. The lowest BCUT2D eigenvalue weighted by Gasteiger charge is -2.02. The molecule has 3 aromatic rings. The number of hydrogen-bond acceptors (Lipinski definition) is 4. The van der Waals surface area contributed by atoms with Gasteiger partial charge in [0.15, 0.2) is 5.76 Å². The summed E-state index contributed by atoms with van der Waals surface area (Å²) in [6, 6.07) is 11.1. The van der Waals surface area contributed by atoms with Crippen molar-refractivity contribution in [3.63, 3.8) is 0 Å². The zero-order valence-electron chi connectivity index (χ0n) is 11.4. The second-order valence-corrected chi connectivity index (χ2v) is 4.63. The van der Waals surface area contributed by atoms with E-state index in [0.717, 1.165) is 11.0 Å². The number of aromatic amines is 1. The van der Waals surface area contributed by atoms with Crippen molar-refractivity contribution in [1.29, 1.82) is 0 Å². The first kappa shape index (κ1) is 13.4. The Bertz CT molecular complexity index is 747. The summed E-state index contributed by atoms with van der Waals surface area (Å²) in [6.45, 7) is 0.578. The van der Waals surface area contributed by atoms with Crippen molar-refractivity contribution >= 4 is 22.8 Å². The van der Waals surface area contributed by atoms with Gasteiger partial charge in [-0.15, -0.1) is 0 Å². The fourth-order valence-electron chi connectivity index (χ4n) is 2.27. The Hall–Kier alpha value is -2.60. The number of carbonyl (C=O) groups is 1. The van der Waals surface area contributed by atoms with Crippen LogP contribution >= 0.6 is 0 Å². The standard InChI is InChI=1S/C15H15N3O3/c19-8-7-16-15-17-11-4-1-2-5-12(11)18(15)10-13(20)14-6-3-9-21-14/h1-6,9,19H,7-8,10H2,(H,16,17)/p+1. The number of benzene rings is 1. The number of para-hydroxylation sites is 2.